The van der Waals surface area contributed by atoms with Gasteiger partial charge in [0.2, 0.25) is 0 Å². The van der Waals surface area contributed by atoms with E-state index in [0.717, 1.165) is 32.6 Å². The van der Waals surface area contributed by atoms with E-state index in [1.54, 1.807) is 0 Å². The van der Waals surface area contributed by atoms with Crippen LogP contribution in [-0.2, 0) is 11.3 Å². The fraction of sp³-hybridized carbons (Fsp3) is 0.650. The van der Waals surface area contributed by atoms with Gasteiger partial charge in [0.25, 0.3) is 0 Å². The Balaban J connectivity index is 2.02. The molecule has 0 N–H and O–H groups in total. The van der Waals surface area contributed by atoms with Crippen LogP contribution < -0.4 is 0 Å². The monoisotopic (exact) mass is 332 g/mol. The molecule has 1 aliphatic rings. The molecule has 0 bridgehead atoms. The molecule has 4 nitrogen and oxygen atoms in total. The van der Waals surface area contributed by atoms with Crippen LogP contribution in [0.25, 0.3) is 0 Å². The molecule has 1 amide bonds. The van der Waals surface area contributed by atoms with Gasteiger partial charge in [-0.3, -0.25) is 4.90 Å². The highest BCUT2D eigenvalue weighted by molar-refractivity contribution is 5.68. The molecule has 0 aromatic heterocycles. The van der Waals surface area contributed by atoms with E-state index < -0.39 is 5.60 Å². The van der Waals surface area contributed by atoms with Crippen LogP contribution in [0.5, 0.6) is 0 Å². The molecule has 4 heteroatoms. The molecule has 1 aliphatic heterocycles. The van der Waals surface area contributed by atoms with Crippen molar-refractivity contribution in [3.05, 3.63) is 35.9 Å². The molecule has 0 radical (unpaired) electrons. The Bertz CT molecular complexity index is 522. The summed E-state index contributed by atoms with van der Waals surface area (Å²) in [5.41, 5.74) is 0.892. The summed E-state index contributed by atoms with van der Waals surface area (Å²) in [6.45, 7) is 13.6. The standard InChI is InChI=1S/C20H32N2O2/c1-16(2)13-18-15-22(19(23)24-20(3,4)5)12-11-21(18)14-17-9-7-6-8-10-17/h6-10,16,18H,11-15H2,1-5H3. The molecule has 1 fully saturated rings. The highest BCUT2D eigenvalue weighted by Gasteiger charge is 2.32. The number of amides is 1. The number of piperazine rings is 1. The molecule has 1 aromatic rings. The molecule has 1 heterocycles. The molecule has 0 saturated carbocycles. The van der Waals surface area contributed by atoms with Crippen molar-refractivity contribution >= 4 is 6.09 Å². The fourth-order valence-corrected chi connectivity index (χ4v) is 3.18. The highest BCUT2D eigenvalue weighted by atomic mass is 16.6. The summed E-state index contributed by atoms with van der Waals surface area (Å²) in [4.78, 5) is 16.8. The van der Waals surface area contributed by atoms with Crippen molar-refractivity contribution in [2.75, 3.05) is 19.6 Å². The highest BCUT2D eigenvalue weighted by Crippen LogP contribution is 2.21. The molecule has 134 valence electrons. The smallest absolute Gasteiger partial charge is 0.410 e. The van der Waals surface area contributed by atoms with Gasteiger partial charge >= 0.3 is 6.09 Å². The van der Waals surface area contributed by atoms with Crippen LogP contribution in [-0.4, -0.2) is 47.2 Å². The van der Waals surface area contributed by atoms with Gasteiger partial charge in [-0.05, 0) is 38.7 Å². The molecule has 24 heavy (non-hydrogen) atoms. The van der Waals surface area contributed by atoms with Crippen LogP contribution in [0.1, 0.15) is 46.6 Å². The minimum atomic E-state index is -0.439. The number of rotatable bonds is 4. The molecule has 1 atom stereocenters. The second-order valence-corrected chi connectivity index (χ2v) is 8.17. The van der Waals surface area contributed by atoms with Gasteiger partial charge in [0.1, 0.15) is 5.60 Å². The van der Waals surface area contributed by atoms with Crippen LogP contribution >= 0.6 is 0 Å². The largest absolute Gasteiger partial charge is 0.444 e. The normalized spacial score (nSPS) is 19.6. The number of hydrogen-bond acceptors (Lipinski definition) is 3. The van der Waals surface area contributed by atoms with Crippen LogP contribution in [0.2, 0.25) is 0 Å². The quantitative estimate of drug-likeness (QED) is 0.830. The van der Waals surface area contributed by atoms with Crippen molar-refractivity contribution in [2.45, 2.75) is 59.2 Å². The lowest BCUT2D eigenvalue weighted by atomic mass is 9.99. The zero-order chi connectivity index (χ0) is 17.7. The fourth-order valence-electron chi connectivity index (χ4n) is 3.18. The second-order valence-electron chi connectivity index (χ2n) is 8.17. The van der Waals surface area contributed by atoms with E-state index in [1.807, 2.05) is 25.7 Å². The summed E-state index contributed by atoms with van der Waals surface area (Å²) in [7, 11) is 0. The van der Waals surface area contributed by atoms with Crippen LogP contribution in [0, 0.1) is 5.92 Å². The molecule has 2 rings (SSSR count). The third kappa shape index (κ3) is 5.82. The summed E-state index contributed by atoms with van der Waals surface area (Å²) in [5.74, 6) is 0.604. The predicted octanol–water partition coefficient (Wildman–Crippen LogP) is 4.15. The predicted molar refractivity (Wildman–Crippen MR) is 97.9 cm³/mol. The number of ether oxygens (including phenoxy) is 1. The Morgan fingerprint density at radius 2 is 1.88 bits per heavy atom. The van der Waals surface area contributed by atoms with Crippen molar-refractivity contribution in [3.63, 3.8) is 0 Å². The average Bonchev–Trinajstić information content (AvgIpc) is 2.47. The molecular weight excluding hydrogens is 300 g/mol. The molecule has 1 saturated heterocycles. The molecular formula is C20H32N2O2. The van der Waals surface area contributed by atoms with Gasteiger partial charge in [-0.25, -0.2) is 4.79 Å². The average molecular weight is 332 g/mol. The Morgan fingerprint density at radius 3 is 2.46 bits per heavy atom. The van der Waals surface area contributed by atoms with Gasteiger partial charge in [0.05, 0.1) is 0 Å². The molecule has 0 aliphatic carbocycles. The third-order valence-corrected chi connectivity index (χ3v) is 4.23. The zero-order valence-corrected chi connectivity index (χ0v) is 15.8. The zero-order valence-electron chi connectivity index (χ0n) is 15.8. The van der Waals surface area contributed by atoms with E-state index in [0.29, 0.717) is 12.0 Å². The minimum Gasteiger partial charge on any atom is -0.444 e. The SMILES string of the molecule is CC(C)CC1CN(C(=O)OC(C)(C)C)CCN1Cc1ccccc1. The molecule has 1 aromatic carbocycles. The van der Waals surface area contributed by atoms with E-state index in [2.05, 4.69) is 49.1 Å². The number of carbonyl (C=O) groups excluding carboxylic acids is 1. The number of hydrogen-bond donors (Lipinski definition) is 0. The van der Waals surface area contributed by atoms with E-state index >= 15 is 0 Å². The Hall–Kier alpha value is -1.55. The van der Waals surface area contributed by atoms with Crippen molar-refractivity contribution in [1.29, 1.82) is 0 Å². The van der Waals surface area contributed by atoms with Crippen molar-refractivity contribution in [3.8, 4) is 0 Å². The van der Waals surface area contributed by atoms with E-state index in [-0.39, 0.29) is 6.09 Å². The summed E-state index contributed by atoms with van der Waals surface area (Å²) < 4.78 is 5.55. The number of benzene rings is 1. The minimum absolute atomic E-state index is 0.185. The third-order valence-electron chi connectivity index (χ3n) is 4.23. The van der Waals surface area contributed by atoms with Crippen molar-refractivity contribution < 1.29 is 9.53 Å². The maximum atomic E-state index is 12.4. The van der Waals surface area contributed by atoms with Gasteiger partial charge in [-0.2, -0.15) is 0 Å². The van der Waals surface area contributed by atoms with Crippen molar-refractivity contribution in [2.24, 2.45) is 5.92 Å². The van der Waals surface area contributed by atoms with E-state index in [1.165, 1.54) is 5.56 Å². The Kier molecular flexibility index (Phi) is 6.27. The Morgan fingerprint density at radius 1 is 1.21 bits per heavy atom. The summed E-state index contributed by atoms with van der Waals surface area (Å²) >= 11 is 0. The lowest BCUT2D eigenvalue weighted by Gasteiger charge is -2.42. The van der Waals surface area contributed by atoms with Crippen LogP contribution in [0.4, 0.5) is 4.79 Å². The lowest BCUT2D eigenvalue weighted by Crippen LogP contribution is -2.55. The lowest BCUT2D eigenvalue weighted by molar-refractivity contribution is -0.000340. The van der Waals surface area contributed by atoms with Gasteiger partial charge < -0.3 is 9.64 Å². The van der Waals surface area contributed by atoms with Gasteiger partial charge in [-0.15, -0.1) is 0 Å². The first-order chi connectivity index (χ1) is 11.2. The molecule has 0 spiro atoms. The number of nitrogens with zero attached hydrogens (tertiary/aromatic N) is 2. The Labute approximate surface area is 146 Å². The molecule has 1 unspecified atom stereocenters. The topological polar surface area (TPSA) is 32.8 Å². The van der Waals surface area contributed by atoms with Gasteiger partial charge in [-0.1, -0.05) is 44.2 Å². The summed E-state index contributed by atoms with van der Waals surface area (Å²) in [5, 5.41) is 0. The van der Waals surface area contributed by atoms with E-state index in [4.69, 9.17) is 4.74 Å². The first-order valence-electron chi connectivity index (χ1n) is 9.00. The maximum Gasteiger partial charge on any atom is 0.410 e. The van der Waals surface area contributed by atoms with Crippen LogP contribution in [0.15, 0.2) is 30.3 Å². The summed E-state index contributed by atoms with van der Waals surface area (Å²) in [6.07, 6.45) is 0.905. The van der Waals surface area contributed by atoms with E-state index in [9.17, 15) is 4.79 Å². The first kappa shape index (κ1) is 18.8. The second kappa shape index (κ2) is 8.02. The van der Waals surface area contributed by atoms with Gasteiger partial charge in [0, 0.05) is 32.2 Å². The van der Waals surface area contributed by atoms with Crippen molar-refractivity contribution in [1.82, 2.24) is 9.80 Å². The number of carbonyl (C=O) groups is 1. The maximum absolute atomic E-state index is 12.4. The summed E-state index contributed by atoms with van der Waals surface area (Å²) in [6, 6.07) is 11.0. The first-order valence-corrected chi connectivity index (χ1v) is 9.00. The van der Waals surface area contributed by atoms with Gasteiger partial charge in [0.15, 0.2) is 0 Å². The van der Waals surface area contributed by atoms with Crippen LogP contribution in [0.3, 0.4) is 0 Å².